The third-order valence-corrected chi connectivity index (χ3v) is 3.49. The van der Waals surface area contributed by atoms with Crippen molar-refractivity contribution in [2.24, 2.45) is 0 Å². The molecule has 1 aromatic heterocycles. The highest BCUT2D eigenvalue weighted by atomic mass is 32.2. The summed E-state index contributed by atoms with van der Waals surface area (Å²) in [4.78, 5) is 1.14. The molecule has 2 aromatic rings. The average Bonchev–Trinajstić information content (AvgIpc) is 2.81. The number of thioether (sulfide) groups is 1. The number of nitrogens with zero attached hydrogens (tertiary/aromatic N) is 1. The van der Waals surface area contributed by atoms with Crippen molar-refractivity contribution in [2.75, 3.05) is 12.4 Å². The molecule has 2 rings (SSSR count). The number of rotatable bonds is 5. The van der Waals surface area contributed by atoms with Gasteiger partial charge in [0.25, 0.3) is 0 Å². The summed E-state index contributed by atoms with van der Waals surface area (Å²) in [6.45, 7) is 2.55. The number of ether oxygens (including phenoxy) is 1. The number of hydrogen-bond donors (Lipinski definition) is 0. The molecule has 92 valence electrons. The van der Waals surface area contributed by atoms with E-state index in [1.807, 2.05) is 25.1 Å². The molecular formula is C14H13NO2S. The minimum absolute atomic E-state index is 0.601. The monoisotopic (exact) mass is 259 g/mol. The maximum atomic E-state index is 8.77. The van der Waals surface area contributed by atoms with Crippen LogP contribution in [0, 0.1) is 18.3 Å². The maximum absolute atomic E-state index is 8.77. The van der Waals surface area contributed by atoms with Gasteiger partial charge < -0.3 is 9.15 Å². The molecular weight excluding hydrogens is 246 g/mol. The van der Waals surface area contributed by atoms with Gasteiger partial charge >= 0.3 is 0 Å². The zero-order valence-electron chi connectivity index (χ0n) is 10.1. The number of aryl methyl sites for hydroxylation is 1. The summed E-state index contributed by atoms with van der Waals surface area (Å²) in [5.41, 5.74) is 0.617. The lowest BCUT2D eigenvalue weighted by Crippen LogP contribution is -2.00. The number of benzene rings is 1. The molecule has 0 bridgehead atoms. The van der Waals surface area contributed by atoms with Crippen LogP contribution in [0.2, 0.25) is 0 Å². The van der Waals surface area contributed by atoms with Gasteiger partial charge in [0.15, 0.2) is 0 Å². The standard InChI is InChI=1S/C14H13NO2S/c1-11-14(5-6-16-11)18-8-7-17-13-4-2-3-12(9-13)10-15/h2-6,9H,7-8H2,1H3. The second-order valence-corrected chi connectivity index (χ2v) is 4.81. The first-order valence-electron chi connectivity index (χ1n) is 5.59. The van der Waals surface area contributed by atoms with Gasteiger partial charge in [-0.25, -0.2) is 0 Å². The predicted octanol–water partition coefficient (Wildman–Crippen LogP) is 3.63. The van der Waals surface area contributed by atoms with Crippen LogP contribution in [-0.2, 0) is 0 Å². The maximum Gasteiger partial charge on any atom is 0.120 e. The normalized spacial score (nSPS) is 10.0. The zero-order chi connectivity index (χ0) is 12.8. The van der Waals surface area contributed by atoms with Crippen molar-refractivity contribution >= 4 is 11.8 Å². The molecule has 4 heteroatoms. The molecule has 0 aliphatic carbocycles. The molecule has 0 radical (unpaired) electrons. The van der Waals surface area contributed by atoms with Gasteiger partial charge in [-0.05, 0) is 31.2 Å². The Bertz CT molecular complexity index is 557. The lowest BCUT2D eigenvalue weighted by Gasteiger charge is -2.05. The van der Waals surface area contributed by atoms with Crippen LogP contribution in [-0.4, -0.2) is 12.4 Å². The van der Waals surface area contributed by atoms with Crippen LogP contribution >= 0.6 is 11.8 Å². The molecule has 0 unspecified atom stereocenters. The van der Waals surface area contributed by atoms with E-state index in [0.717, 1.165) is 22.2 Å². The van der Waals surface area contributed by atoms with Crippen molar-refractivity contribution in [2.45, 2.75) is 11.8 Å². The Hall–Kier alpha value is -1.86. The topological polar surface area (TPSA) is 46.2 Å². The Morgan fingerprint density at radius 2 is 2.28 bits per heavy atom. The second kappa shape index (κ2) is 6.18. The van der Waals surface area contributed by atoms with Crippen LogP contribution in [0.1, 0.15) is 11.3 Å². The molecule has 0 saturated carbocycles. The molecule has 0 fully saturated rings. The molecule has 0 saturated heterocycles. The number of furan rings is 1. The van der Waals surface area contributed by atoms with Crippen LogP contribution in [0.4, 0.5) is 0 Å². The van der Waals surface area contributed by atoms with E-state index in [-0.39, 0.29) is 0 Å². The fourth-order valence-electron chi connectivity index (χ4n) is 1.49. The Morgan fingerprint density at radius 3 is 3.00 bits per heavy atom. The third-order valence-electron chi connectivity index (χ3n) is 2.38. The SMILES string of the molecule is Cc1occc1SCCOc1cccc(C#N)c1. The van der Waals surface area contributed by atoms with Gasteiger partial charge in [0, 0.05) is 10.6 Å². The molecule has 0 spiro atoms. The summed E-state index contributed by atoms with van der Waals surface area (Å²) in [5, 5.41) is 8.77. The Labute approximate surface area is 110 Å². The summed E-state index contributed by atoms with van der Waals surface area (Å²) in [6, 6.07) is 11.2. The van der Waals surface area contributed by atoms with Crippen molar-refractivity contribution in [3.63, 3.8) is 0 Å². The summed E-state index contributed by atoms with van der Waals surface area (Å²) in [6.07, 6.45) is 1.69. The third kappa shape index (κ3) is 3.31. The molecule has 3 nitrogen and oxygen atoms in total. The van der Waals surface area contributed by atoms with Gasteiger partial charge in [0.05, 0.1) is 24.5 Å². The van der Waals surface area contributed by atoms with E-state index in [1.165, 1.54) is 0 Å². The van der Waals surface area contributed by atoms with Gasteiger partial charge in [-0.15, -0.1) is 11.8 Å². The summed E-state index contributed by atoms with van der Waals surface area (Å²) < 4.78 is 10.8. The first kappa shape index (κ1) is 12.6. The lowest BCUT2D eigenvalue weighted by atomic mass is 10.2. The van der Waals surface area contributed by atoms with Gasteiger partial charge in [0.2, 0.25) is 0 Å². The van der Waals surface area contributed by atoms with Crippen molar-refractivity contribution < 1.29 is 9.15 Å². The quantitative estimate of drug-likeness (QED) is 0.607. The van der Waals surface area contributed by atoms with Crippen molar-refractivity contribution in [1.82, 2.24) is 0 Å². The summed E-state index contributed by atoms with van der Waals surface area (Å²) in [5.74, 6) is 2.52. The van der Waals surface area contributed by atoms with Crippen molar-refractivity contribution in [3.05, 3.63) is 47.9 Å². The molecule has 1 aromatic carbocycles. The molecule has 1 heterocycles. The van der Waals surface area contributed by atoms with Crippen molar-refractivity contribution in [3.8, 4) is 11.8 Å². The smallest absolute Gasteiger partial charge is 0.120 e. The second-order valence-electron chi connectivity index (χ2n) is 3.68. The molecule has 0 N–H and O–H groups in total. The summed E-state index contributed by atoms with van der Waals surface area (Å²) in [7, 11) is 0. The van der Waals surface area contributed by atoms with Gasteiger partial charge in [-0.1, -0.05) is 6.07 Å². The van der Waals surface area contributed by atoms with Crippen molar-refractivity contribution in [1.29, 1.82) is 5.26 Å². The lowest BCUT2D eigenvalue weighted by molar-refractivity contribution is 0.344. The first-order chi connectivity index (χ1) is 8.79. The average molecular weight is 259 g/mol. The minimum atomic E-state index is 0.601. The Balaban J connectivity index is 1.79. The van der Waals surface area contributed by atoms with Gasteiger partial charge in [-0.3, -0.25) is 0 Å². The largest absolute Gasteiger partial charge is 0.493 e. The van der Waals surface area contributed by atoms with E-state index < -0.39 is 0 Å². The van der Waals surface area contributed by atoms with E-state index >= 15 is 0 Å². The van der Waals surface area contributed by atoms with E-state index in [4.69, 9.17) is 14.4 Å². The fraction of sp³-hybridized carbons (Fsp3) is 0.214. The zero-order valence-corrected chi connectivity index (χ0v) is 10.9. The highest BCUT2D eigenvalue weighted by Crippen LogP contribution is 2.23. The van der Waals surface area contributed by atoms with Crippen LogP contribution in [0.5, 0.6) is 5.75 Å². The fourth-order valence-corrected chi connectivity index (χ4v) is 2.28. The highest BCUT2D eigenvalue weighted by Gasteiger charge is 2.02. The molecule has 18 heavy (non-hydrogen) atoms. The van der Waals surface area contributed by atoms with Gasteiger partial charge in [0.1, 0.15) is 11.5 Å². The molecule has 0 amide bonds. The van der Waals surface area contributed by atoms with Crippen LogP contribution in [0.3, 0.4) is 0 Å². The van der Waals surface area contributed by atoms with Gasteiger partial charge in [-0.2, -0.15) is 5.26 Å². The van der Waals surface area contributed by atoms with Crippen LogP contribution in [0.25, 0.3) is 0 Å². The Morgan fingerprint density at radius 1 is 1.39 bits per heavy atom. The molecule has 0 aliphatic rings. The molecule has 0 atom stereocenters. The Kier molecular flexibility index (Phi) is 4.32. The first-order valence-corrected chi connectivity index (χ1v) is 6.58. The van der Waals surface area contributed by atoms with E-state index in [1.54, 1.807) is 30.2 Å². The molecule has 0 aliphatic heterocycles. The van der Waals surface area contributed by atoms with E-state index in [0.29, 0.717) is 12.2 Å². The predicted molar refractivity (Wildman–Crippen MR) is 70.8 cm³/mol. The highest BCUT2D eigenvalue weighted by molar-refractivity contribution is 7.99. The summed E-state index contributed by atoms with van der Waals surface area (Å²) >= 11 is 1.70. The number of nitriles is 1. The number of hydrogen-bond acceptors (Lipinski definition) is 4. The van der Waals surface area contributed by atoms with E-state index in [9.17, 15) is 0 Å². The minimum Gasteiger partial charge on any atom is -0.493 e. The van der Waals surface area contributed by atoms with Crippen LogP contribution < -0.4 is 4.74 Å². The van der Waals surface area contributed by atoms with Crippen LogP contribution in [0.15, 0.2) is 45.9 Å². The van der Waals surface area contributed by atoms with E-state index in [2.05, 4.69) is 6.07 Å².